The van der Waals surface area contributed by atoms with Crippen molar-refractivity contribution in [2.45, 2.75) is 46.0 Å². The van der Waals surface area contributed by atoms with Gasteiger partial charge in [-0.25, -0.2) is 0 Å². The highest BCUT2D eigenvalue weighted by atomic mass is 16.2. The Balaban J connectivity index is 1.56. The van der Waals surface area contributed by atoms with Crippen LogP contribution >= 0.6 is 0 Å². The van der Waals surface area contributed by atoms with Crippen molar-refractivity contribution in [3.63, 3.8) is 0 Å². The number of anilines is 1. The van der Waals surface area contributed by atoms with Crippen LogP contribution in [-0.4, -0.2) is 73.3 Å². The van der Waals surface area contributed by atoms with Gasteiger partial charge in [-0.05, 0) is 30.4 Å². The predicted molar refractivity (Wildman–Crippen MR) is 122 cm³/mol. The van der Waals surface area contributed by atoms with Gasteiger partial charge in [0, 0.05) is 51.4 Å². The van der Waals surface area contributed by atoms with Crippen LogP contribution in [0.3, 0.4) is 0 Å². The average Bonchev–Trinajstić information content (AvgIpc) is 3.18. The summed E-state index contributed by atoms with van der Waals surface area (Å²) in [4.78, 5) is 43.6. The summed E-state index contributed by atoms with van der Waals surface area (Å²) in [5.41, 5.74) is 2.11. The van der Waals surface area contributed by atoms with E-state index in [1.165, 1.54) is 5.56 Å². The van der Waals surface area contributed by atoms with Crippen LogP contribution in [0.25, 0.3) is 0 Å². The van der Waals surface area contributed by atoms with Crippen molar-refractivity contribution in [3.8, 4) is 0 Å². The van der Waals surface area contributed by atoms with Crippen molar-refractivity contribution in [3.05, 3.63) is 29.8 Å². The standard InChI is InChI=1S/C24H36N4O3/c1-4-10-25-22(29)17-26-11-13-27(14-12-26)24(31)19-15-23(30)28(16-19)21-9-7-6-8-20(21)18(3)5-2/h6-9,18-19H,4-5,10-17H2,1-3H3,(H,25,29). The fourth-order valence-corrected chi connectivity index (χ4v) is 4.38. The second-order valence-corrected chi connectivity index (χ2v) is 8.72. The lowest BCUT2D eigenvalue weighted by atomic mass is 9.96. The molecule has 31 heavy (non-hydrogen) atoms. The van der Waals surface area contributed by atoms with Crippen molar-refractivity contribution in [2.24, 2.45) is 5.92 Å². The third-order valence-corrected chi connectivity index (χ3v) is 6.47. The van der Waals surface area contributed by atoms with E-state index >= 15 is 0 Å². The summed E-state index contributed by atoms with van der Waals surface area (Å²) in [6.07, 6.45) is 2.20. The van der Waals surface area contributed by atoms with Crippen molar-refractivity contribution in [1.29, 1.82) is 0 Å². The van der Waals surface area contributed by atoms with Crippen molar-refractivity contribution in [1.82, 2.24) is 15.1 Å². The van der Waals surface area contributed by atoms with Crippen LogP contribution in [0.2, 0.25) is 0 Å². The van der Waals surface area contributed by atoms with E-state index in [1.807, 2.05) is 30.0 Å². The van der Waals surface area contributed by atoms with Gasteiger partial charge in [-0.1, -0.05) is 39.0 Å². The molecule has 2 aliphatic heterocycles. The second kappa shape index (κ2) is 10.8. The van der Waals surface area contributed by atoms with Crippen LogP contribution in [-0.2, 0) is 14.4 Å². The number of hydrogen-bond acceptors (Lipinski definition) is 4. The van der Waals surface area contributed by atoms with Crippen molar-refractivity contribution < 1.29 is 14.4 Å². The van der Waals surface area contributed by atoms with Gasteiger partial charge in [0.05, 0.1) is 12.5 Å². The zero-order valence-electron chi connectivity index (χ0n) is 19.1. The van der Waals surface area contributed by atoms with Crippen LogP contribution in [0.15, 0.2) is 24.3 Å². The first-order valence-electron chi connectivity index (χ1n) is 11.6. The highest BCUT2D eigenvalue weighted by molar-refractivity contribution is 6.01. The Morgan fingerprint density at radius 1 is 1.13 bits per heavy atom. The van der Waals surface area contributed by atoms with E-state index in [1.54, 1.807) is 4.90 Å². The topological polar surface area (TPSA) is 73.0 Å². The minimum atomic E-state index is -0.295. The average molecular weight is 429 g/mol. The zero-order valence-corrected chi connectivity index (χ0v) is 19.1. The molecule has 7 heteroatoms. The lowest BCUT2D eigenvalue weighted by Gasteiger charge is -2.35. The highest BCUT2D eigenvalue weighted by Gasteiger charge is 2.38. The van der Waals surface area contributed by atoms with Crippen LogP contribution in [0.5, 0.6) is 0 Å². The van der Waals surface area contributed by atoms with Crippen LogP contribution < -0.4 is 10.2 Å². The largest absolute Gasteiger partial charge is 0.355 e. The van der Waals surface area contributed by atoms with E-state index in [9.17, 15) is 14.4 Å². The van der Waals surface area contributed by atoms with Gasteiger partial charge in [0.25, 0.3) is 0 Å². The molecule has 3 rings (SSSR count). The monoisotopic (exact) mass is 428 g/mol. The number of para-hydroxylation sites is 1. The molecule has 0 aromatic heterocycles. The minimum Gasteiger partial charge on any atom is -0.355 e. The molecule has 0 bridgehead atoms. The summed E-state index contributed by atoms with van der Waals surface area (Å²) in [5, 5.41) is 2.90. The number of hydrogen-bond donors (Lipinski definition) is 1. The molecule has 3 amide bonds. The molecule has 0 aliphatic carbocycles. The highest BCUT2D eigenvalue weighted by Crippen LogP contribution is 2.34. The summed E-state index contributed by atoms with van der Waals surface area (Å²) < 4.78 is 0. The Kier molecular flexibility index (Phi) is 8.07. The zero-order chi connectivity index (χ0) is 22.4. The molecule has 2 atom stereocenters. The van der Waals surface area contributed by atoms with E-state index in [-0.39, 0.29) is 30.1 Å². The van der Waals surface area contributed by atoms with Crippen LogP contribution in [0, 0.1) is 5.92 Å². The Labute approximate surface area is 185 Å². The molecule has 0 saturated carbocycles. The van der Waals surface area contributed by atoms with Gasteiger partial charge in [-0.15, -0.1) is 0 Å². The summed E-state index contributed by atoms with van der Waals surface area (Å²) in [6, 6.07) is 8.05. The summed E-state index contributed by atoms with van der Waals surface area (Å²) in [5.74, 6) is 0.198. The van der Waals surface area contributed by atoms with Crippen molar-refractivity contribution in [2.75, 3.05) is 50.7 Å². The summed E-state index contributed by atoms with van der Waals surface area (Å²) in [7, 11) is 0. The molecule has 2 fully saturated rings. The molecule has 0 radical (unpaired) electrons. The number of nitrogens with zero attached hydrogens (tertiary/aromatic N) is 3. The van der Waals surface area contributed by atoms with E-state index < -0.39 is 0 Å². The van der Waals surface area contributed by atoms with Crippen LogP contribution in [0.1, 0.15) is 51.5 Å². The third kappa shape index (κ3) is 5.64. The summed E-state index contributed by atoms with van der Waals surface area (Å²) >= 11 is 0. The predicted octanol–water partition coefficient (Wildman–Crippen LogP) is 2.22. The van der Waals surface area contributed by atoms with Gasteiger partial charge < -0.3 is 15.1 Å². The fourth-order valence-electron chi connectivity index (χ4n) is 4.38. The third-order valence-electron chi connectivity index (χ3n) is 6.47. The van der Waals surface area contributed by atoms with Gasteiger partial charge in [0.1, 0.15) is 0 Å². The first-order valence-corrected chi connectivity index (χ1v) is 11.6. The van der Waals surface area contributed by atoms with Gasteiger partial charge in [0.2, 0.25) is 17.7 Å². The first kappa shape index (κ1) is 23.3. The number of carbonyl (C=O) groups is 3. The molecule has 2 aliphatic rings. The number of amides is 3. The maximum absolute atomic E-state index is 13.1. The number of nitrogens with one attached hydrogen (secondary N) is 1. The van der Waals surface area contributed by atoms with E-state index in [4.69, 9.17) is 0 Å². The fraction of sp³-hybridized carbons (Fsp3) is 0.625. The molecule has 1 N–H and O–H groups in total. The minimum absolute atomic E-state index is 0.0281. The number of benzene rings is 1. The van der Waals surface area contributed by atoms with E-state index in [0.29, 0.717) is 51.7 Å². The quantitative estimate of drug-likeness (QED) is 0.689. The lowest BCUT2D eigenvalue weighted by Crippen LogP contribution is -2.52. The number of carbonyl (C=O) groups excluding carboxylic acids is 3. The lowest BCUT2D eigenvalue weighted by molar-refractivity contribution is -0.137. The maximum atomic E-state index is 13.1. The Hall–Kier alpha value is -2.41. The van der Waals surface area contributed by atoms with Gasteiger partial charge >= 0.3 is 0 Å². The molecule has 2 unspecified atom stereocenters. The molecule has 2 heterocycles. The van der Waals surface area contributed by atoms with Gasteiger partial charge in [-0.3, -0.25) is 19.3 Å². The summed E-state index contributed by atoms with van der Waals surface area (Å²) in [6.45, 7) is 10.5. The van der Waals surface area contributed by atoms with E-state index in [2.05, 4.69) is 30.1 Å². The molecular weight excluding hydrogens is 392 g/mol. The van der Waals surface area contributed by atoms with E-state index in [0.717, 1.165) is 18.5 Å². The normalized spacial score (nSPS) is 20.7. The van der Waals surface area contributed by atoms with Gasteiger partial charge in [-0.2, -0.15) is 0 Å². The molecule has 170 valence electrons. The second-order valence-electron chi connectivity index (χ2n) is 8.72. The molecule has 1 aromatic rings. The molecular formula is C24H36N4O3. The Bertz CT molecular complexity index is 789. The smallest absolute Gasteiger partial charge is 0.234 e. The first-order chi connectivity index (χ1) is 14.9. The van der Waals surface area contributed by atoms with Crippen LogP contribution in [0.4, 0.5) is 5.69 Å². The number of rotatable bonds is 8. The Morgan fingerprint density at radius 3 is 2.52 bits per heavy atom. The Morgan fingerprint density at radius 2 is 1.84 bits per heavy atom. The molecule has 2 saturated heterocycles. The SMILES string of the molecule is CCCNC(=O)CN1CCN(C(=O)C2CC(=O)N(c3ccccc3C(C)CC)C2)CC1. The van der Waals surface area contributed by atoms with Crippen molar-refractivity contribution >= 4 is 23.4 Å². The molecule has 7 nitrogen and oxygen atoms in total. The van der Waals surface area contributed by atoms with Gasteiger partial charge in [0.15, 0.2) is 0 Å². The molecule has 1 aromatic carbocycles. The maximum Gasteiger partial charge on any atom is 0.234 e. The number of piperazine rings is 1. The molecule has 0 spiro atoms.